The lowest BCUT2D eigenvalue weighted by Crippen LogP contribution is -2.10. The van der Waals surface area contributed by atoms with Crippen LogP contribution in [0.25, 0.3) is 6.08 Å². The molecule has 0 spiro atoms. The first-order chi connectivity index (χ1) is 11.5. The predicted octanol–water partition coefficient (Wildman–Crippen LogP) is 4.29. The summed E-state index contributed by atoms with van der Waals surface area (Å²) >= 11 is 5.80. The van der Waals surface area contributed by atoms with E-state index >= 15 is 0 Å². The number of rotatable bonds is 4. The van der Waals surface area contributed by atoms with E-state index in [9.17, 15) is 13.6 Å². The zero-order valence-corrected chi connectivity index (χ0v) is 12.8. The van der Waals surface area contributed by atoms with Crippen LogP contribution in [-0.4, -0.2) is 18.5 Å². The fraction of sp³-hybridized carbons (Fsp3) is 0.0588. The summed E-state index contributed by atoms with van der Waals surface area (Å²) in [4.78, 5) is 16.0. The van der Waals surface area contributed by atoms with E-state index in [4.69, 9.17) is 16.3 Å². The first-order valence-electron chi connectivity index (χ1n) is 6.85. The van der Waals surface area contributed by atoms with Crippen molar-refractivity contribution in [2.24, 2.45) is 4.99 Å². The van der Waals surface area contributed by atoms with Crippen molar-refractivity contribution in [1.82, 2.24) is 0 Å². The summed E-state index contributed by atoms with van der Waals surface area (Å²) in [5.41, 5.74) is 0.929. The molecule has 4 nitrogen and oxygen atoms in total. The minimum Gasteiger partial charge on any atom is -0.434 e. The predicted molar refractivity (Wildman–Crippen MR) is 85.1 cm³/mol. The summed E-state index contributed by atoms with van der Waals surface area (Å²) < 4.78 is 34.4. The number of hydrogen-bond donors (Lipinski definition) is 0. The molecule has 3 rings (SSSR count). The Bertz CT molecular complexity index is 832. The SMILES string of the molecule is O=C1OC(c2ccccc2OC(F)F)=N/C1=C\c1ccc(Cl)cc1. The minimum absolute atomic E-state index is 0.0548. The first kappa shape index (κ1) is 16.1. The highest BCUT2D eigenvalue weighted by molar-refractivity contribution is 6.30. The second-order valence-corrected chi connectivity index (χ2v) is 5.20. The number of para-hydroxylation sites is 1. The number of halogens is 3. The smallest absolute Gasteiger partial charge is 0.387 e. The van der Waals surface area contributed by atoms with Crippen LogP contribution >= 0.6 is 11.6 Å². The van der Waals surface area contributed by atoms with Gasteiger partial charge in [0, 0.05) is 5.02 Å². The summed E-state index contributed by atoms with van der Waals surface area (Å²) in [6, 6.07) is 12.7. The summed E-state index contributed by atoms with van der Waals surface area (Å²) in [5, 5.41) is 0.563. The minimum atomic E-state index is -2.99. The van der Waals surface area contributed by atoms with Crippen molar-refractivity contribution in [3.63, 3.8) is 0 Å². The number of carbonyl (C=O) groups excluding carboxylic acids is 1. The molecule has 0 saturated carbocycles. The van der Waals surface area contributed by atoms with Crippen LogP contribution in [-0.2, 0) is 9.53 Å². The summed E-state index contributed by atoms with van der Waals surface area (Å²) in [5.74, 6) is -0.880. The van der Waals surface area contributed by atoms with E-state index in [0.717, 1.165) is 0 Å². The maximum absolute atomic E-state index is 12.5. The van der Waals surface area contributed by atoms with E-state index < -0.39 is 12.6 Å². The fourth-order valence-electron chi connectivity index (χ4n) is 2.08. The number of aliphatic imine (C=N–C) groups is 1. The quantitative estimate of drug-likeness (QED) is 0.611. The maximum atomic E-state index is 12.5. The number of cyclic esters (lactones) is 1. The Labute approximate surface area is 141 Å². The molecule has 122 valence electrons. The second-order valence-electron chi connectivity index (χ2n) is 4.76. The lowest BCUT2D eigenvalue weighted by molar-refractivity contribution is -0.129. The number of hydrogen-bond acceptors (Lipinski definition) is 4. The van der Waals surface area contributed by atoms with Crippen molar-refractivity contribution in [2.75, 3.05) is 0 Å². The van der Waals surface area contributed by atoms with Crippen LogP contribution in [0, 0.1) is 0 Å². The van der Waals surface area contributed by atoms with Crippen LogP contribution in [0.1, 0.15) is 11.1 Å². The first-order valence-corrected chi connectivity index (χ1v) is 7.23. The van der Waals surface area contributed by atoms with Gasteiger partial charge in [0.1, 0.15) is 5.75 Å². The average Bonchev–Trinajstić information content (AvgIpc) is 2.90. The number of alkyl halides is 2. The Morgan fingerprint density at radius 2 is 1.83 bits per heavy atom. The molecule has 0 saturated heterocycles. The van der Waals surface area contributed by atoms with Gasteiger partial charge in [-0.1, -0.05) is 35.9 Å². The Hall–Kier alpha value is -2.73. The Morgan fingerprint density at radius 1 is 1.12 bits per heavy atom. The van der Waals surface area contributed by atoms with Gasteiger partial charge >= 0.3 is 12.6 Å². The largest absolute Gasteiger partial charge is 0.434 e. The number of esters is 1. The highest BCUT2D eigenvalue weighted by Gasteiger charge is 2.26. The molecule has 7 heteroatoms. The molecular formula is C17H10ClF2NO3. The van der Waals surface area contributed by atoms with Crippen molar-refractivity contribution in [1.29, 1.82) is 0 Å². The molecule has 2 aromatic carbocycles. The fourth-order valence-corrected chi connectivity index (χ4v) is 2.21. The molecule has 0 N–H and O–H groups in total. The molecule has 1 heterocycles. The molecule has 0 unspecified atom stereocenters. The monoisotopic (exact) mass is 349 g/mol. The Kier molecular flexibility index (Phi) is 4.57. The lowest BCUT2D eigenvalue weighted by atomic mass is 10.2. The third kappa shape index (κ3) is 3.60. The third-order valence-electron chi connectivity index (χ3n) is 3.13. The zero-order valence-electron chi connectivity index (χ0n) is 12.1. The van der Waals surface area contributed by atoms with Crippen molar-refractivity contribution >= 4 is 29.5 Å². The van der Waals surface area contributed by atoms with Crippen LogP contribution < -0.4 is 4.74 Å². The van der Waals surface area contributed by atoms with Gasteiger partial charge in [0.2, 0.25) is 5.90 Å². The third-order valence-corrected chi connectivity index (χ3v) is 3.38. The van der Waals surface area contributed by atoms with E-state index in [2.05, 4.69) is 9.73 Å². The van der Waals surface area contributed by atoms with Crippen LogP contribution in [0.4, 0.5) is 8.78 Å². The normalized spacial score (nSPS) is 15.6. The standard InChI is InChI=1S/C17H10ClF2NO3/c18-11-7-5-10(6-8-11)9-13-16(22)24-15(21-13)12-3-1-2-4-14(12)23-17(19)20/h1-9,17H/b13-9-. The Balaban J connectivity index is 1.94. The van der Waals surface area contributed by atoms with Gasteiger partial charge in [-0.15, -0.1) is 0 Å². The van der Waals surface area contributed by atoms with Gasteiger partial charge in [-0.05, 0) is 35.9 Å². The molecule has 1 aliphatic heterocycles. The zero-order chi connectivity index (χ0) is 17.1. The van der Waals surface area contributed by atoms with Crippen LogP contribution in [0.3, 0.4) is 0 Å². The van der Waals surface area contributed by atoms with Gasteiger partial charge in [-0.25, -0.2) is 9.79 Å². The van der Waals surface area contributed by atoms with E-state index in [-0.39, 0.29) is 22.9 Å². The van der Waals surface area contributed by atoms with Crippen LogP contribution in [0.2, 0.25) is 5.02 Å². The molecule has 0 bridgehead atoms. The Morgan fingerprint density at radius 3 is 2.54 bits per heavy atom. The number of ether oxygens (including phenoxy) is 2. The highest BCUT2D eigenvalue weighted by atomic mass is 35.5. The molecule has 0 radical (unpaired) electrons. The molecule has 0 amide bonds. The number of benzene rings is 2. The van der Waals surface area contributed by atoms with Gasteiger partial charge in [-0.2, -0.15) is 8.78 Å². The summed E-state index contributed by atoms with van der Waals surface area (Å²) in [6.07, 6.45) is 1.52. The number of nitrogens with zero attached hydrogens (tertiary/aromatic N) is 1. The summed E-state index contributed by atoms with van der Waals surface area (Å²) in [6.45, 7) is -2.99. The van der Waals surface area contributed by atoms with Gasteiger partial charge in [0.15, 0.2) is 5.70 Å². The van der Waals surface area contributed by atoms with Gasteiger partial charge in [0.05, 0.1) is 5.56 Å². The highest BCUT2D eigenvalue weighted by Crippen LogP contribution is 2.26. The topological polar surface area (TPSA) is 47.9 Å². The maximum Gasteiger partial charge on any atom is 0.387 e. The van der Waals surface area contributed by atoms with E-state index in [0.29, 0.717) is 10.6 Å². The molecule has 0 aromatic heterocycles. The molecule has 0 atom stereocenters. The van der Waals surface area contributed by atoms with E-state index in [1.54, 1.807) is 30.3 Å². The van der Waals surface area contributed by atoms with Gasteiger partial charge in [0.25, 0.3) is 0 Å². The molecule has 24 heavy (non-hydrogen) atoms. The van der Waals surface area contributed by atoms with Gasteiger partial charge in [-0.3, -0.25) is 0 Å². The van der Waals surface area contributed by atoms with Crippen LogP contribution in [0.5, 0.6) is 5.75 Å². The average molecular weight is 350 g/mol. The molecule has 0 fully saturated rings. The molecule has 2 aromatic rings. The molecule has 0 aliphatic carbocycles. The molecule has 1 aliphatic rings. The van der Waals surface area contributed by atoms with Crippen molar-refractivity contribution in [3.05, 3.63) is 70.4 Å². The van der Waals surface area contributed by atoms with Crippen molar-refractivity contribution < 1.29 is 23.0 Å². The second kappa shape index (κ2) is 6.80. The van der Waals surface area contributed by atoms with Crippen molar-refractivity contribution in [3.8, 4) is 5.75 Å². The van der Waals surface area contributed by atoms with Crippen LogP contribution in [0.15, 0.2) is 59.2 Å². The lowest BCUT2D eigenvalue weighted by Gasteiger charge is -2.08. The van der Waals surface area contributed by atoms with Gasteiger partial charge < -0.3 is 9.47 Å². The number of carbonyl (C=O) groups is 1. The van der Waals surface area contributed by atoms with E-state index in [1.165, 1.54) is 24.3 Å². The summed E-state index contributed by atoms with van der Waals surface area (Å²) in [7, 11) is 0. The van der Waals surface area contributed by atoms with E-state index in [1.807, 2.05) is 0 Å². The molecular weight excluding hydrogens is 340 g/mol. The van der Waals surface area contributed by atoms with Crippen molar-refractivity contribution in [2.45, 2.75) is 6.61 Å².